The lowest BCUT2D eigenvalue weighted by Crippen LogP contribution is -2.70. The lowest BCUT2D eigenvalue weighted by atomic mass is 9.63. The number of hydrogen-bond donors (Lipinski definition) is 1. The maximum atomic E-state index is 13.0. The second-order valence-electron chi connectivity index (χ2n) is 10.4. The Morgan fingerprint density at radius 1 is 1.28 bits per heavy atom. The number of carbonyl (C=O) groups is 3. The summed E-state index contributed by atoms with van der Waals surface area (Å²) in [5.74, 6) is -0.446. The Morgan fingerprint density at radius 3 is 2.47 bits per heavy atom. The molecule has 180 valence electrons. The lowest BCUT2D eigenvalue weighted by Gasteiger charge is -2.54. The summed E-state index contributed by atoms with van der Waals surface area (Å²) in [4.78, 5) is 39.5. The number of ether oxygens (including phenoxy) is 1. The van der Waals surface area contributed by atoms with Crippen LogP contribution in [0.2, 0.25) is 13.1 Å². The summed E-state index contributed by atoms with van der Waals surface area (Å²) in [5.41, 5.74) is -0.292. The highest BCUT2D eigenvalue weighted by Crippen LogP contribution is 2.45. The maximum absolute atomic E-state index is 13.0. The van der Waals surface area contributed by atoms with E-state index in [-0.39, 0.29) is 54.2 Å². The Labute approximate surface area is 194 Å². The van der Waals surface area contributed by atoms with Gasteiger partial charge >= 0.3 is 6.09 Å². The molecule has 2 saturated heterocycles. The standard InChI is InChI=1S/C24H40N2O5Si/c1-9-13-30-22(29)26-12-10-11-17(26)14-16(2)19(27)15-18-20(21(28)25-18)24(6,23(3,4)5)31-32(7)8/h9,14,17-18,20,32H,1,10-13,15H2,2-8H3,(H,25,28)/b16-14+/t17-,18-,20-,24-/m1/s1. The van der Waals surface area contributed by atoms with E-state index in [0.717, 1.165) is 12.8 Å². The van der Waals surface area contributed by atoms with Gasteiger partial charge in [-0.2, -0.15) is 0 Å². The molecule has 7 nitrogen and oxygen atoms in total. The molecule has 2 heterocycles. The third kappa shape index (κ3) is 5.70. The van der Waals surface area contributed by atoms with Gasteiger partial charge in [-0.05, 0) is 50.8 Å². The second kappa shape index (κ2) is 10.3. The number of nitrogens with zero attached hydrogens (tertiary/aromatic N) is 1. The average Bonchev–Trinajstić information content (AvgIpc) is 3.11. The number of carbonyl (C=O) groups excluding carboxylic acids is 3. The summed E-state index contributed by atoms with van der Waals surface area (Å²) in [6.45, 7) is 18.6. The number of nitrogens with one attached hydrogen (secondary N) is 1. The van der Waals surface area contributed by atoms with Gasteiger partial charge in [-0.25, -0.2) is 4.79 Å². The second-order valence-corrected chi connectivity index (χ2v) is 12.7. The van der Waals surface area contributed by atoms with Crippen molar-refractivity contribution in [1.82, 2.24) is 10.2 Å². The SMILES string of the molecule is C=CCOC(=O)N1CCC[C@@H]1/C=C(\C)C(=O)C[C@H]1NC(=O)[C@@H]1[C@@](C)(O[SiH](C)C)C(C)(C)C. The fourth-order valence-corrected chi connectivity index (χ4v) is 6.08. The number of ketones is 1. The minimum absolute atomic E-state index is 0.0237. The molecule has 0 bridgehead atoms. The molecule has 2 amide bonds. The molecule has 8 heteroatoms. The number of Topliss-reactive ketones (excluding diaryl/α,β-unsaturated/α-hetero) is 1. The van der Waals surface area contributed by atoms with Crippen molar-refractivity contribution in [1.29, 1.82) is 0 Å². The van der Waals surface area contributed by atoms with Gasteiger partial charge < -0.3 is 19.4 Å². The van der Waals surface area contributed by atoms with E-state index in [0.29, 0.717) is 12.1 Å². The minimum atomic E-state index is -1.42. The first-order chi connectivity index (χ1) is 14.8. The van der Waals surface area contributed by atoms with E-state index in [4.69, 9.17) is 9.16 Å². The van der Waals surface area contributed by atoms with Crippen LogP contribution in [-0.2, 0) is 18.8 Å². The average molecular weight is 465 g/mol. The van der Waals surface area contributed by atoms with Gasteiger partial charge in [-0.1, -0.05) is 39.5 Å². The van der Waals surface area contributed by atoms with Gasteiger partial charge in [0.15, 0.2) is 14.8 Å². The van der Waals surface area contributed by atoms with E-state index in [1.807, 2.05) is 13.0 Å². The molecule has 1 N–H and O–H groups in total. The lowest BCUT2D eigenvalue weighted by molar-refractivity contribution is -0.160. The van der Waals surface area contributed by atoms with Crippen LogP contribution in [0.5, 0.6) is 0 Å². The quantitative estimate of drug-likeness (QED) is 0.244. The molecule has 0 unspecified atom stereocenters. The number of amides is 2. The van der Waals surface area contributed by atoms with Gasteiger partial charge in [0.05, 0.1) is 23.6 Å². The van der Waals surface area contributed by atoms with Crippen molar-refractivity contribution in [2.75, 3.05) is 13.2 Å². The predicted octanol–water partition coefficient (Wildman–Crippen LogP) is 3.60. The van der Waals surface area contributed by atoms with Gasteiger partial charge in [-0.3, -0.25) is 9.59 Å². The predicted molar refractivity (Wildman–Crippen MR) is 128 cm³/mol. The first-order valence-corrected chi connectivity index (χ1v) is 14.3. The molecule has 0 aromatic heterocycles. The van der Waals surface area contributed by atoms with Crippen LogP contribution >= 0.6 is 0 Å². The molecule has 0 spiro atoms. The van der Waals surface area contributed by atoms with Crippen molar-refractivity contribution in [2.24, 2.45) is 11.3 Å². The Morgan fingerprint density at radius 2 is 1.94 bits per heavy atom. The Hall–Kier alpha value is -1.93. The van der Waals surface area contributed by atoms with Crippen molar-refractivity contribution in [3.8, 4) is 0 Å². The van der Waals surface area contributed by atoms with Gasteiger partial charge in [0.25, 0.3) is 0 Å². The van der Waals surface area contributed by atoms with Gasteiger partial charge in [0, 0.05) is 13.0 Å². The molecule has 2 rings (SSSR count). The normalized spacial score (nSPS) is 25.8. The molecule has 0 saturated carbocycles. The van der Waals surface area contributed by atoms with Crippen LogP contribution < -0.4 is 5.32 Å². The Kier molecular flexibility index (Phi) is 8.50. The first kappa shape index (κ1) is 26.3. The van der Waals surface area contributed by atoms with Gasteiger partial charge in [0.1, 0.15) is 6.61 Å². The summed E-state index contributed by atoms with van der Waals surface area (Å²) >= 11 is 0. The van der Waals surface area contributed by atoms with Crippen molar-refractivity contribution in [3.05, 3.63) is 24.3 Å². The van der Waals surface area contributed by atoms with Crippen LogP contribution in [0.3, 0.4) is 0 Å². The zero-order valence-corrected chi connectivity index (χ0v) is 21.8. The zero-order chi connectivity index (χ0) is 24.3. The number of β-lactam (4-membered cyclic amide) rings is 1. The topological polar surface area (TPSA) is 84.9 Å². The largest absolute Gasteiger partial charge is 0.445 e. The number of likely N-dealkylation sites (tertiary alicyclic amines) is 1. The van der Waals surface area contributed by atoms with Crippen molar-refractivity contribution in [3.63, 3.8) is 0 Å². The molecule has 0 aromatic carbocycles. The molecule has 0 aromatic rings. The summed E-state index contributed by atoms with van der Waals surface area (Å²) in [6, 6.07) is -0.411. The third-order valence-electron chi connectivity index (χ3n) is 6.72. The molecule has 2 aliphatic heterocycles. The summed E-state index contributed by atoms with van der Waals surface area (Å²) in [7, 11) is -1.42. The summed E-state index contributed by atoms with van der Waals surface area (Å²) in [5, 5.41) is 2.93. The van der Waals surface area contributed by atoms with Crippen LogP contribution in [0.15, 0.2) is 24.3 Å². The number of hydrogen-bond acceptors (Lipinski definition) is 5. The van der Waals surface area contributed by atoms with E-state index in [1.54, 1.807) is 11.8 Å². The minimum Gasteiger partial charge on any atom is -0.445 e. The Bertz CT molecular complexity index is 773. The van der Waals surface area contributed by atoms with E-state index < -0.39 is 14.6 Å². The Balaban J connectivity index is 2.11. The van der Waals surface area contributed by atoms with E-state index in [1.165, 1.54) is 6.08 Å². The van der Waals surface area contributed by atoms with Crippen molar-refractivity contribution < 1.29 is 23.5 Å². The van der Waals surface area contributed by atoms with E-state index in [9.17, 15) is 14.4 Å². The van der Waals surface area contributed by atoms with E-state index in [2.05, 4.69) is 45.8 Å². The van der Waals surface area contributed by atoms with Crippen molar-refractivity contribution >= 4 is 26.8 Å². The first-order valence-electron chi connectivity index (χ1n) is 11.6. The summed E-state index contributed by atoms with van der Waals surface area (Å²) in [6.07, 6.45) is 4.90. The zero-order valence-electron chi connectivity index (χ0n) is 20.7. The van der Waals surface area contributed by atoms with Crippen molar-refractivity contribution in [2.45, 2.75) is 84.7 Å². The fraction of sp³-hybridized carbons (Fsp3) is 0.708. The highest BCUT2D eigenvalue weighted by Gasteiger charge is 2.57. The van der Waals surface area contributed by atoms with Crippen LogP contribution in [0.1, 0.15) is 53.9 Å². The summed E-state index contributed by atoms with van der Waals surface area (Å²) < 4.78 is 11.6. The van der Waals surface area contributed by atoms with Crippen LogP contribution in [-0.4, -0.2) is 62.6 Å². The molecule has 32 heavy (non-hydrogen) atoms. The van der Waals surface area contributed by atoms with Gasteiger partial charge in [0.2, 0.25) is 5.91 Å². The van der Waals surface area contributed by atoms with Crippen LogP contribution in [0.25, 0.3) is 0 Å². The van der Waals surface area contributed by atoms with Gasteiger partial charge in [-0.15, -0.1) is 0 Å². The third-order valence-corrected chi connectivity index (χ3v) is 7.68. The van der Waals surface area contributed by atoms with Crippen LogP contribution in [0.4, 0.5) is 4.79 Å². The molecule has 2 aliphatic rings. The molecular weight excluding hydrogens is 424 g/mol. The monoisotopic (exact) mass is 464 g/mol. The smallest absolute Gasteiger partial charge is 0.410 e. The molecule has 0 radical (unpaired) electrons. The number of rotatable bonds is 9. The molecule has 4 atom stereocenters. The molecule has 0 aliphatic carbocycles. The van der Waals surface area contributed by atoms with E-state index >= 15 is 0 Å². The highest BCUT2D eigenvalue weighted by molar-refractivity contribution is 6.48. The number of allylic oxidation sites excluding steroid dienone is 1. The molecular formula is C24H40N2O5Si. The maximum Gasteiger partial charge on any atom is 0.410 e. The molecule has 2 fully saturated rings. The fourth-order valence-electron chi connectivity index (χ4n) is 4.60. The van der Waals surface area contributed by atoms with Crippen LogP contribution in [0, 0.1) is 11.3 Å². The highest BCUT2D eigenvalue weighted by atomic mass is 28.3.